The molecule has 9 heteroatoms. The van der Waals surface area contributed by atoms with Gasteiger partial charge in [0.25, 0.3) is 0 Å². The molecule has 0 heterocycles. The number of allylic oxidation sites excluding steroid dienone is 3. The van der Waals surface area contributed by atoms with Gasteiger partial charge in [-0.25, -0.2) is 4.57 Å². The minimum absolute atomic E-state index is 0.0634. The number of nitrogens with one attached hydrogen (secondary N) is 1. The first-order chi connectivity index (χ1) is 32.5. The number of aliphatic hydroxyl groups is 1. The predicted octanol–water partition coefficient (Wildman–Crippen LogP) is 17.6. The molecule has 0 aromatic heterocycles. The van der Waals surface area contributed by atoms with Gasteiger partial charge in [-0.15, -0.1) is 0 Å². The van der Waals surface area contributed by atoms with Crippen LogP contribution in [-0.2, 0) is 18.4 Å². The van der Waals surface area contributed by atoms with Crippen molar-refractivity contribution in [1.29, 1.82) is 0 Å². The number of carbonyl (C=O) groups is 1. The van der Waals surface area contributed by atoms with E-state index in [1.807, 2.05) is 27.2 Å². The number of phosphoric acid groups is 1. The van der Waals surface area contributed by atoms with Gasteiger partial charge in [-0.2, -0.15) is 0 Å². The predicted molar refractivity (Wildman–Crippen MR) is 291 cm³/mol. The maximum atomic E-state index is 12.9. The number of carbonyl (C=O) groups excluding carboxylic acids is 1. The Hall–Kier alpha value is -1.02. The van der Waals surface area contributed by atoms with E-state index >= 15 is 0 Å². The van der Waals surface area contributed by atoms with Gasteiger partial charge in [0, 0.05) is 6.42 Å². The summed E-state index contributed by atoms with van der Waals surface area (Å²) in [5.41, 5.74) is 0. The first-order valence-electron chi connectivity index (χ1n) is 29.2. The van der Waals surface area contributed by atoms with Crippen LogP contribution in [0.5, 0.6) is 0 Å². The Morgan fingerprint density at radius 2 is 0.806 bits per heavy atom. The third-order valence-corrected chi connectivity index (χ3v) is 14.4. The molecule has 0 saturated heterocycles. The summed E-state index contributed by atoms with van der Waals surface area (Å²) in [5.74, 6) is -0.174. The van der Waals surface area contributed by atoms with Crippen molar-refractivity contribution in [1.82, 2.24) is 5.32 Å². The lowest BCUT2D eigenvalue weighted by Gasteiger charge is -2.25. The number of aliphatic hydroxyl groups excluding tert-OH is 1. The summed E-state index contributed by atoms with van der Waals surface area (Å²) < 4.78 is 23.6. The Labute approximate surface area is 417 Å². The van der Waals surface area contributed by atoms with Crippen LogP contribution in [0, 0.1) is 0 Å². The summed E-state index contributed by atoms with van der Waals surface area (Å²) in [4.78, 5) is 23.2. The Bertz CT molecular complexity index is 1140. The summed E-state index contributed by atoms with van der Waals surface area (Å²) >= 11 is 0. The highest BCUT2D eigenvalue weighted by Crippen LogP contribution is 2.43. The fourth-order valence-corrected chi connectivity index (χ4v) is 9.54. The minimum atomic E-state index is -4.33. The number of hydrogen-bond acceptors (Lipinski definition) is 5. The highest BCUT2D eigenvalue weighted by molar-refractivity contribution is 7.47. The van der Waals surface area contributed by atoms with Crippen molar-refractivity contribution in [3.63, 3.8) is 0 Å². The smallest absolute Gasteiger partial charge is 0.387 e. The molecule has 0 aliphatic carbocycles. The first kappa shape index (κ1) is 66.0. The van der Waals surface area contributed by atoms with Crippen molar-refractivity contribution in [3.8, 4) is 0 Å². The van der Waals surface area contributed by atoms with E-state index in [2.05, 4.69) is 31.3 Å². The Morgan fingerprint density at radius 3 is 1.15 bits per heavy atom. The minimum Gasteiger partial charge on any atom is -0.387 e. The molecular formula is C58H116N2O6P+. The fourth-order valence-electron chi connectivity index (χ4n) is 8.80. The number of quaternary nitrogens is 1. The summed E-state index contributed by atoms with van der Waals surface area (Å²) in [6.07, 6.45) is 63.1. The molecule has 3 N–H and O–H groups in total. The van der Waals surface area contributed by atoms with E-state index in [1.54, 1.807) is 6.08 Å². The number of unbranched alkanes of at least 4 members (excludes halogenated alkanes) is 39. The molecule has 3 unspecified atom stereocenters. The first-order valence-corrected chi connectivity index (χ1v) is 30.7. The van der Waals surface area contributed by atoms with Crippen molar-refractivity contribution in [2.75, 3.05) is 40.9 Å². The zero-order valence-electron chi connectivity index (χ0n) is 45.4. The quantitative estimate of drug-likeness (QED) is 0.0243. The highest BCUT2D eigenvalue weighted by atomic mass is 31.2. The second-order valence-electron chi connectivity index (χ2n) is 21.4. The topological polar surface area (TPSA) is 105 Å². The van der Waals surface area contributed by atoms with Crippen LogP contribution in [0.2, 0.25) is 0 Å². The standard InChI is InChI=1S/C58H115N2O6P/c1-6-8-10-12-14-16-18-19-20-21-22-23-24-25-26-27-28-29-30-31-32-33-34-35-36-37-38-39-40-41-42-44-46-48-50-52-58(62)59-56(55-66-67(63,64)65-54-53-60(3,4)5)57(61)51-49-47-45-43-17-15-13-11-9-7-2/h27-28,49,51,56-57,61H,6-26,29-48,50,52-55H2,1-5H3,(H-,59,62,63,64)/p+1/b28-27-,51-49+. The number of nitrogens with zero attached hydrogens (tertiary/aromatic N) is 1. The lowest BCUT2D eigenvalue weighted by atomic mass is 10.0. The van der Waals surface area contributed by atoms with Crippen LogP contribution in [0.15, 0.2) is 24.3 Å². The molecule has 1 amide bonds. The normalized spacial score (nSPS) is 14.1. The second kappa shape index (κ2) is 49.9. The van der Waals surface area contributed by atoms with Crippen LogP contribution in [0.1, 0.15) is 290 Å². The SMILES string of the molecule is CCCCCCCCCC/C=C/C(O)C(COP(=O)(O)OCC[N+](C)(C)C)NC(=O)CCCCCCCCCCCCCCCCCCC/C=C\CCCCCCCCCCCCCCCC. The molecule has 398 valence electrons. The van der Waals surface area contributed by atoms with Gasteiger partial charge in [0.15, 0.2) is 0 Å². The summed E-state index contributed by atoms with van der Waals surface area (Å²) in [6.45, 7) is 4.82. The molecule has 0 rings (SSSR count). The van der Waals surface area contributed by atoms with E-state index in [-0.39, 0.29) is 19.1 Å². The summed E-state index contributed by atoms with van der Waals surface area (Å²) in [7, 11) is 1.58. The Morgan fingerprint density at radius 1 is 0.493 bits per heavy atom. The van der Waals surface area contributed by atoms with E-state index < -0.39 is 20.0 Å². The molecule has 8 nitrogen and oxygen atoms in total. The van der Waals surface area contributed by atoms with Crippen LogP contribution in [-0.4, -0.2) is 73.4 Å². The van der Waals surface area contributed by atoms with Crippen molar-refractivity contribution in [2.45, 2.75) is 302 Å². The van der Waals surface area contributed by atoms with Crippen LogP contribution in [0.4, 0.5) is 0 Å². The van der Waals surface area contributed by atoms with Crippen LogP contribution in [0.3, 0.4) is 0 Å². The maximum Gasteiger partial charge on any atom is 0.472 e. The molecule has 0 aromatic rings. The van der Waals surface area contributed by atoms with E-state index in [1.165, 1.54) is 231 Å². The van der Waals surface area contributed by atoms with Crippen molar-refractivity contribution in [3.05, 3.63) is 24.3 Å². The van der Waals surface area contributed by atoms with Gasteiger partial charge >= 0.3 is 7.82 Å². The van der Waals surface area contributed by atoms with Crippen LogP contribution >= 0.6 is 7.82 Å². The molecule has 67 heavy (non-hydrogen) atoms. The number of phosphoric ester groups is 1. The molecule has 0 bridgehead atoms. The molecule has 0 radical (unpaired) electrons. The number of amides is 1. The Kier molecular flexibility index (Phi) is 49.2. The Balaban J connectivity index is 3.88. The van der Waals surface area contributed by atoms with E-state index in [0.717, 1.165) is 38.5 Å². The zero-order chi connectivity index (χ0) is 49.2. The molecular weight excluding hydrogens is 852 g/mol. The molecule has 0 saturated carbocycles. The lowest BCUT2D eigenvalue weighted by molar-refractivity contribution is -0.870. The number of rotatable bonds is 54. The lowest BCUT2D eigenvalue weighted by Crippen LogP contribution is -2.45. The highest BCUT2D eigenvalue weighted by Gasteiger charge is 2.27. The molecule has 0 aromatic carbocycles. The largest absolute Gasteiger partial charge is 0.472 e. The number of hydrogen-bond donors (Lipinski definition) is 3. The molecule has 0 aliphatic rings. The maximum absolute atomic E-state index is 12.9. The van der Waals surface area contributed by atoms with E-state index in [9.17, 15) is 19.4 Å². The van der Waals surface area contributed by atoms with Crippen molar-refractivity contribution >= 4 is 13.7 Å². The van der Waals surface area contributed by atoms with Gasteiger partial charge in [-0.1, -0.05) is 263 Å². The molecule has 0 spiro atoms. The van der Waals surface area contributed by atoms with Crippen LogP contribution < -0.4 is 5.32 Å². The van der Waals surface area contributed by atoms with Gasteiger partial charge in [0.2, 0.25) is 5.91 Å². The van der Waals surface area contributed by atoms with Gasteiger partial charge in [-0.05, 0) is 44.9 Å². The summed E-state index contributed by atoms with van der Waals surface area (Å²) in [6, 6.07) is -0.842. The summed E-state index contributed by atoms with van der Waals surface area (Å²) in [5, 5.41) is 13.8. The van der Waals surface area contributed by atoms with Gasteiger partial charge in [-0.3, -0.25) is 13.8 Å². The van der Waals surface area contributed by atoms with Gasteiger partial charge < -0.3 is 19.8 Å². The fraction of sp³-hybridized carbons (Fsp3) is 0.914. The molecule has 3 atom stereocenters. The van der Waals surface area contributed by atoms with E-state index in [4.69, 9.17) is 9.05 Å². The third kappa shape index (κ3) is 52.6. The van der Waals surface area contributed by atoms with Crippen LogP contribution in [0.25, 0.3) is 0 Å². The van der Waals surface area contributed by atoms with Crippen molar-refractivity contribution in [2.24, 2.45) is 0 Å². The third-order valence-electron chi connectivity index (χ3n) is 13.4. The van der Waals surface area contributed by atoms with Gasteiger partial charge in [0.05, 0.1) is 39.9 Å². The van der Waals surface area contributed by atoms with Gasteiger partial charge in [0.1, 0.15) is 13.2 Å². The van der Waals surface area contributed by atoms with E-state index in [0.29, 0.717) is 17.4 Å². The monoisotopic (exact) mass is 968 g/mol. The average Bonchev–Trinajstić information content (AvgIpc) is 3.29. The average molecular weight is 969 g/mol. The molecule has 0 aliphatic heterocycles. The number of likely N-dealkylation sites (N-methyl/N-ethyl adjacent to an activating group) is 1. The second-order valence-corrected chi connectivity index (χ2v) is 22.8. The zero-order valence-corrected chi connectivity index (χ0v) is 46.3. The molecule has 0 fully saturated rings. The van der Waals surface area contributed by atoms with Crippen molar-refractivity contribution < 1.29 is 32.9 Å².